The van der Waals surface area contributed by atoms with Crippen molar-refractivity contribution in [2.24, 2.45) is 0 Å². The van der Waals surface area contributed by atoms with E-state index in [9.17, 15) is 14.4 Å². The Labute approximate surface area is 97.8 Å². The van der Waals surface area contributed by atoms with Crippen LogP contribution >= 0.6 is 0 Å². The second kappa shape index (κ2) is 5.83. The summed E-state index contributed by atoms with van der Waals surface area (Å²) in [5.41, 5.74) is 0.0766. The summed E-state index contributed by atoms with van der Waals surface area (Å²) >= 11 is 0. The molecule has 0 aliphatic heterocycles. The van der Waals surface area contributed by atoms with Crippen molar-refractivity contribution in [1.82, 2.24) is 0 Å². The second-order valence-corrected chi connectivity index (χ2v) is 3.30. The van der Waals surface area contributed by atoms with Crippen molar-refractivity contribution >= 4 is 17.9 Å². The van der Waals surface area contributed by atoms with E-state index in [4.69, 9.17) is 4.74 Å². The average molecular weight is 240 g/mol. The first-order chi connectivity index (χ1) is 8.00. The molecular weight excluding hydrogens is 228 g/mol. The third-order valence-electron chi connectivity index (χ3n) is 1.82. The molecule has 0 fully saturated rings. The van der Waals surface area contributed by atoms with Gasteiger partial charge < -0.3 is 4.74 Å². The largest absolute Gasteiger partial charge is 0.426 e. The minimum atomic E-state index is -0.868. The first kappa shape index (κ1) is 13.0. The predicted molar refractivity (Wildman–Crippen MR) is 55.0 cm³/mol. The molecule has 0 N–H and O–H groups in total. The second-order valence-electron chi connectivity index (χ2n) is 3.30. The zero-order valence-electron chi connectivity index (χ0n) is 9.52. The number of ether oxygens (including phenoxy) is 1. The van der Waals surface area contributed by atoms with E-state index in [0.29, 0.717) is 12.8 Å². The van der Waals surface area contributed by atoms with Crippen LogP contribution in [0.2, 0.25) is 0 Å². The number of carbonyl (C=O) groups excluding carboxylic acids is 3. The lowest BCUT2D eigenvalue weighted by atomic mass is 10.1. The highest BCUT2D eigenvalue weighted by atomic mass is 17.2. The Bertz CT molecular complexity index is 404. The normalized spacial score (nSPS) is 14.2. The van der Waals surface area contributed by atoms with Crippen LogP contribution in [0.3, 0.4) is 0 Å². The molecule has 0 aromatic heterocycles. The molecule has 0 spiro atoms. The van der Waals surface area contributed by atoms with Crippen LogP contribution in [0.1, 0.15) is 26.7 Å². The standard InChI is InChI=1S/C11H12O6/c1-7(12)15-10-6-4-3-5-9(10)11(14)17-16-8(2)13/h5-6H,3-4H2,1-2H3. The van der Waals surface area contributed by atoms with Crippen molar-refractivity contribution in [3.05, 3.63) is 23.5 Å². The Hall–Kier alpha value is -2.11. The molecule has 92 valence electrons. The third-order valence-corrected chi connectivity index (χ3v) is 1.82. The zero-order valence-corrected chi connectivity index (χ0v) is 9.52. The van der Waals surface area contributed by atoms with E-state index < -0.39 is 17.9 Å². The summed E-state index contributed by atoms with van der Waals surface area (Å²) in [6.07, 6.45) is 4.44. The lowest BCUT2D eigenvalue weighted by Gasteiger charge is -2.13. The van der Waals surface area contributed by atoms with Gasteiger partial charge in [0.15, 0.2) is 0 Å². The summed E-state index contributed by atoms with van der Waals surface area (Å²) in [4.78, 5) is 41.2. The van der Waals surface area contributed by atoms with Crippen LogP contribution in [0.25, 0.3) is 0 Å². The number of allylic oxidation sites excluding steroid dienone is 2. The summed E-state index contributed by atoms with van der Waals surface area (Å²) in [7, 11) is 0. The highest BCUT2D eigenvalue weighted by molar-refractivity contribution is 5.93. The molecule has 0 aromatic carbocycles. The van der Waals surface area contributed by atoms with Crippen molar-refractivity contribution in [2.75, 3.05) is 0 Å². The van der Waals surface area contributed by atoms with Crippen molar-refractivity contribution in [1.29, 1.82) is 0 Å². The zero-order chi connectivity index (χ0) is 12.8. The van der Waals surface area contributed by atoms with Gasteiger partial charge in [-0.05, 0) is 18.9 Å². The molecule has 0 aromatic rings. The van der Waals surface area contributed by atoms with Gasteiger partial charge in [-0.15, -0.1) is 0 Å². The fraction of sp³-hybridized carbons (Fsp3) is 0.364. The quantitative estimate of drug-likeness (QED) is 0.409. The van der Waals surface area contributed by atoms with Gasteiger partial charge in [0.25, 0.3) is 0 Å². The fourth-order valence-corrected chi connectivity index (χ4v) is 1.23. The molecule has 0 heterocycles. The molecule has 0 saturated carbocycles. The van der Waals surface area contributed by atoms with E-state index in [2.05, 4.69) is 9.78 Å². The van der Waals surface area contributed by atoms with Crippen LogP contribution in [0.5, 0.6) is 0 Å². The molecule has 0 unspecified atom stereocenters. The molecule has 0 radical (unpaired) electrons. The average Bonchev–Trinajstić information content (AvgIpc) is 2.25. The van der Waals surface area contributed by atoms with Crippen molar-refractivity contribution in [3.8, 4) is 0 Å². The molecular formula is C11H12O6. The van der Waals surface area contributed by atoms with E-state index in [1.807, 2.05) is 0 Å². The van der Waals surface area contributed by atoms with Gasteiger partial charge in [0.05, 0.1) is 0 Å². The number of rotatable bonds is 2. The summed E-state index contributed by atoms with van der Waals surface area (Å²) in [6.45, 7) is 2.33. The van der Waals surface area contributed by atoms with Crippen LogP contribution < -0.4 is 0 Å². The van der Waals surface area contributed by atoms with Crippen LogP contribution in [0, 0.1) is 0 Å². The Morgan fingerprint density at radius 2 is 1.65 bits per heavy atom. The van der Waals surface area contributed by atoms with Gasteiger partial charge in [0.2, 0.25) is 0 Å². The van der Waals surface area contributed by atoms with Gasteiger partial charge in [0.1, 0.15) is 11.3 Å². The number of carbonyl (C=O) groups is 3. The summed E-state index contributed by atoms with van der Waals surface area (Å²) in [5, 5.41) is 0. The number of hydrogen-bond acceptors (Lipinski definition) is 6. The van der Waals surface area contributed by atoms with Crippen LogP contribution in [-0.4, -0.2) is 17.9 Å². The number of hydrogen-bond donors (Lipinski definition) is 0. The SMILES string of the molecule is CC(=O)OOC(=O)C1=CCCC=C1OC(C)=O. The molecule has 0 saturated heterocycles. The van der Waals surface area contributed by atoms with E-state index in [0.717, 1.165) is 6.92 Å². The predicted octanol–water partition coefficient (Wildman–Crippen LogP) is 1.17. The Balaban J connectivity index is 2.69. The molecule has 0 amide bonds. The van der Waals surface area contributed by atoms with Gasteiger partial charge >= 0.3 is 17.9 Å². The minimum absolute atomic E-state index is 0.0766. The Morgan fingerprint density at radius 3 is 2.24 bits per heavy atom. The van der Waals surface area contributed by atoms with E-state index in [1.165, 1.54) is 6.92 Å². The van der Waals surface area contributed by atoms with Crippen molar-refractivity contribution in [3.63, 3.8) is 0 Å². The topological polar surface area (TPSA) is 78.9 Å². The van der Waals surface area contributed by atoms with Gasteiger partial charge in [-0.3, -0.25) is 4.79 Å². The molecule has 1 aliphatic rings. The molecule has 6 nitrogen and oxygen atoms in total. The van der Waals surface area contributed by atoms with E-state index in [1.54, 1.807) is 12.2 Å². The van der Waals surface area contributed by atoms with Crippen molar-refractivity contribution in [2.45, 2.75) is 26.7 Å². The van der Waals surface area contributed by atoms with Crippen LogP contribution in [0.15, 0.2) is 23.5 Å². The van der Waals surface area contributed by atoms with Crippen LogP contribution in [0.4, 0.5) is 0 Å². The van der Waals surface area contributed by atoms with Crippen LogP contribution in [-0.2, 0) is 28.9 Å². The first-order valence-electron chi connectivity index (χ1n) is 4.99. The maximum absolute atomic E-state index is 11.5. The Morgan fingerprint density at radius 1 is 1.00 bits per heavy atom. The molecule has 0 atom stereocenters. The molecule has 0 bridgehead atoms. The molecule has 6 heteroatoms. The number of esters is 1. The first-order valence-corrected chi connectivity index (χ1v) is 4.99. The van der Waals surface area contributed by atoms with Gasteiger partial charge in [-0.1, -0.05) is 6.08 Å². The highest BCUT2D eigenvalue weighted by Crippen LogP contribution is 2.21. The lowest BCUT2D eigenvalue weighted by Crippen LogP contribution is -2.16. The van der Waals surface area contributed by atoms with E-state index in [-0.39, 0.29) is 11.3 Å². The van der Waals surface area contributed by atoms with E-state index >= 15 is 0 Å². The third kappa shape index (κ3) is 4.10. The van der Waals surface area contributed by atoms with Gasteiger partial charge in [-0.25, -0.2) is 19.4 Å². The molecule has 1 rings (SSSR count). The minimum Gasteiger partial charge on any atom is -0.426 e. The maximum atomic E-state index is 11.5. The lowest BCUT2D eigenvalue weighted by molar-refractivity contribution is -0.253. The van der Waals surface area contributed by atoms with Gasteiger partial charge in [0, 0.05) is 13.8 Å². The Kier molecular flexibility index (Phi) is 4.45. The highest BCUT2D eigenvalue weighted by Gasteiger charge is 2.22. The monoisotopic (exact) mass is 240 g/mol. The summed E-state index contributed by atoms with van der Waals surface area (Å²) < 4.78 is 4.84. The summed E-state index contributed by atoms with van der Waals surface area (Å²) in [5.74, 6) is -2.02. The smallest absolute Gasteiger partial charge is 0.389 e. The maximum Gasteiger partial charge on any atom is 0.389 e. The van der Waals surface area contributed by atoms with Gasteiger partial charge in [-0.2, -0.15) is 0 Å². The molecule has 17 heavy (non-hydrogen) atoms. The fourth-order valence-electron chi connectivity index (χ4n) is 1.23. The summed E-state index contributed by atoms with van der Waals surface area (Å²) in [6, 6.07) is 0. The van der Waals surface area contributed by atoms with Crippen molar-refractivity contribution < 1.29 is 28.9 Å². The molecule has 1 aliphatic carbocycles.